The standard InChI is InChI=1S/C17H18BrF2NO/c1-10(12-5-7-17(22-3)14(18)8-12)21-11(2)13-4-6-15(19)16(20)9-13/h4-11,21H,1-3H3. The molecule has 0 amide bonds. The van der Waals surface area contributed by atoms with E-state index in [1.807, 2.05) is 32.0 Å². The van der Waals surface area contributed by atoms with Crippen molar-refractivity contribution in [3.8, 4) is 5.75 Å². The Labute approximate surface area is 137 Å². The van der Waals surface area contributed by atoms with E-state index in [2.05, 4.69) is 21.2 Å². The lowest BCUT2D eigenvalue weighted by molar-refractivity contribution is 0.411. The van der Waals surface area contributed by atoms with Gasteiger partial charge in [0.25, 0.3) is 0 Å². The van der Waals surface area contributed by atoms with Crippen LogP contribution in [0.4, 0.5) is 8.78 Å². The van der Waals surface area contributed by atoms with Crippen LogP contribution in [0.25, 0.3) is 0 Å². The van der Waals surface area contributed by atoms with E-state index in [0.717, 1.165) is 21.9 Å². The van der Waals surface area contributed by atoms with E-state index in [1.165, 1.54) is 6.07 Å². The summed E-state index contributed by atoms with van der Waals surface area (Å²) in [5, 5.41) is 3.37. The SMILES string of the molecule is COc1ccc(C(C)NC(C)c2ccc(F)c(F)c2)cc1Br. The second-order valence-corrected chi connectivity index (χ2v) is 6.03. The lowest BCUT2D eigenvalue weighted by Crippen LogP contribution is -2.22. The molecule has 1 N–H and O–H groups in total. The highest BCUT2D eigenvalue weighted by Gasteiger charge is 2.14. The summed E-state index contributed by atoms with van der Waals surface area (Å²) in [4.78, 5) is 0. The Bertz CT molecular complexity index is 663. The lowest BCUT2D eigenvalue weighted by atomic mass is 10.0. The lowest BCUT2D eigenvalue weighted by Gasteiger charge is -2.21. The van der Waals surface area contributed by atoms with Gasteiger partial charge in [-0.3, -0.25) is 0 Å². The van der Waals surface area contributed by atoms with Crippen LogP contribution in [0.5, 0.6) is 5.75 Å². The second-order valence-electron chi connectivity index (χ2n) is 5.18. The first-order valence-corrected chi connectivity index (χ1v) is 7.76. The summed E-state index contributed by atoms with van der Waals surface area (Å²) >= 11 is 3.46. The van der Waals surface area contributed by atoms with E-state index in [1.54, 1.807) is 13.2 Å². The Hall–Kier alpha value is -1.46. The van der Waals surface area contributed by atoms with Crippen LogP contribution in [0.15, 0.2) is 40.9 Å². The quantitative estimate of drug-likeness (QED) is 0.786. The number of methoxy groups -OCH3 is 1. The zero-order valence-electron chi connectivity index (χ0n) is 12.7. The summed E-state index contributed by atoms with van der Waals surface area (Å²) in [6, 6.07) is 9.75. The highest BCUT2D eigenvalue weighted by Crippen LogP contribution is 2.29. The number of halogens is 3. The van der Waals surface area contributed by atoms with Crippen molar-refractivity contribution in [2.75, 3.05) is 7.11 Å². The van der Waals surface area contributed by atoms with Crippen molar-refractivity contribution in [3.63, 3.8) is 0 Å². The Balaban J connectivity index is 2.11. The maximum absolute atomic E-state index is 13.3. The summed E-state index contributed by atoms with van der Waals surface area (Å²) in [5.41, 5.74) is 1.78. The molecule has 5 heteroatoms. The average Bonchev–Trinajstić information content (AvgIpc) is 2.49. The molecule has 0 spiro atoms. The molecule has 118 valence electrons. The van der Waals surface area contributed by atoms with Crippen molar-refractivity contribution in [3.05, 3.63) is 63.6 Å². The van der Waals surface area contributed by atoms with Crippen molar-refractivity contribution in [2.45, 2.75) is 25.9 Å². The van der Waals surface area contributed by atoms with Crippen LogP contribution < -0.4 is 10.1 Å². The maximum atomic E-state index is 13.3. The van der Waals surface area contributed by atoms with Gasteiger partial charge in [-0.05, 0) is 65.2 Å². The minimum atomic E-state index is -0.830. The van der Waals surface area contributed by atoms with Crippen LogP contribution in [-0.4, -0.2) is 7.11 Å². The number of rotatable bonds is 5. The molecule has 22 heavy (non-hydrogen) atoms. The van der Waals surface area contributed by atoms with Crippen molar-refractivity contribution in [1.82, 2.24) is 5.32 Å². The molecule has 0 saturated carbocycles. The number of nitrogens with one attached hydrogen (secondary N) is 1. The van der Waals surface area contributed by atoms with Gasteiger partial charge in [0.15, 0.2) is 11.6 Å². The van der Waals surface area contributed by atoms with Crippen LogP contribution >= 0.6 is 15.9 Å². The zero-order chi connectivity index (χ0) is 16.3. The maximum Gasteiger partial charge on any atom is 0.159 e. The molecule has 0 aromatic heterocycles. The fourth-order valence-corrected chi connectivity index (χ4v) is 2.86. The highest BCUT2D eigenvalue weighted by atomic mass is 79.9. The third kappa shape index (κ3) is 3.84. The third-order valence-corrected chi connectivity index (χ3v) is 4.24. The van der Waals surface area contributed by atoms with Gasteiger partial charge in [-0.25, -0.2) is 8.78 Å². The monoisotopic (exact) mass is 369 g/mol. The van der Waals surface area contributed by atoms with E-state index >= 15 is 0 Å². The topological polar surface area (TPSA) is 21.3 Å². The molecular formula is C17H18BrF2NO. The second kappa shape index (κ2) is 7.20. The number of hydrogen-bond donors (Lipinski definition) is 1. The van der Waals surface area contributed by atoms with Crippen molar-refractivity contribution >= 4 is 15.9 Å². The fourth-order valence-electron chi connectivity index (χ4n) is 2.30. The van der Waals surface area contributed by atoms with Crippen molar-refractivity contribution in [1.29, 1.82) is 0 Å². The molecule has 2 aromatic carbocycles. The molecule has 2 nitrogen and oxygen atoms in total. The van der Waals surface area contributed by atoms with Gasteiger partial charge in [0, 0.05) is 12.1 Å². The molecule has 0 saturated heterocycles. The molecule has 2 rings (SSSR count). The third-order valence-electron chi connectivity index (χ3n) is 3.62. The Morgan fingerprint density at radius 2 is 1.55 bits per heavy atom. The van der Waals surface area contributed by atoms with Crippen LogP contribution in [0, 0.1) is 11.6 Å². The van der Waals surface area contributed by atoms with Gasteiger partial charge in [-0.1, -0.05) is 12.1 Å². The van der Waals surface area contributed by atoms with E-state index in [0.29, 0.717) is 5.56 Å². The number of hydrogen-bond acceptors (Lipinski definition) is 2. The summed E-state index contributed by atoms with van der Waals surface area (Å²) < 4.78 is 32.4. The van der Waals surface area contributed by atoms with E-state index in [4.69, 9.17) is 4.74 Å². The summed E-state index contributed by atoms with van der Waals surface area (Å²) in [7, 11) is 1.62. The van der Waals surface area contributed by atoms with Gasteiger partial charge in [-0.2, -0.15) is 0 Å². The van der Waals surface area contributed by atoms with E-state index in [9.17, 15) is 8.78 Å². The Morgan fingerprint density at radius 1 is 0.955 bits per heavy atom. The number of benzene rings is 2. The summed E-state index contributed by atoms with van der Waals surface area (Å²) in [6.07, 6.45) is 0. The molecule has 0 aliphatic carbocycles. The van der Waals surface area contributed by atoms with E-state index < -0.39 is 11.6 Å². The largest absolute Gasteiger partial charge is 0.496 e. The van der Waals surface area contributed by atoms with Crippen molar-refractivity contribution in [2.24, 2.45) is 0 Å². The van der Waals surface area contributed by atoms with E-state index in [-0.39, 0.29) is 12.1 Å². The first kappa shape index (κ1) is 16.9. The zero-order valence-corrected chi connectivity index (χ0v) is 14.2. The molecule has 0 bridgehead atoms. The predicted octanol–water partition coefficient (Wildman–Crippen LogP) is 5.15. The van der Waals surface area contributed by atoms with Gasteiger partial charge in [0.1, 0.15) is 5.75 Å². The smallest absolute Gasteiger partial charge is 0.159 e. The Morgan fingerprint density at radius 3 is 2.09 bits per heavy atom. The molecule has 0 fully saturated rings. The van der Waals surface area contributed by atoms with Gasteiger partial charge >= 0.3 is 0 Å². The molecule has 2 aromatic rings. The minimum absolute atomic E-state index is 0.0466. The molecule has 2 unspecified atom stereocenters. The van der Waals surface area contributed by atoms with Crippen LogP contribution in [0.1, 0.15) is 37.1 Å². The molecular weight excluding hydrogens is 352 g/mol. The Kier molecular flexibility index (Phi) is 5.53. The molecule has 2 atom stereocenters. The van der Waals surface area contributed by atoms with Gasteiger partial charge < -0.3 is 10.1 Å². The van der Waals surface area contributed by atoms with Crippen LogP contribution in [0.2, 0.25) is 0 Å². The van der Waals surface area contributed by atoms with Crippen LogP contribution in [-0.2, 0) is 0 Å². The molecule has 0 aliphatic heterocycles. The first-order chi connectivity index (χ1) is 10.4. The molecule has 0 radical (unpaired) electrons. The fraction of sp³-hybridized carbons (Fsp3) is 0.294. The van der Waals surface area contributed by atoms with Gasteiger partial charge in [0.2, 0.25) is 0 Å². The summed E-state index contributed by atoms with van der Waals surface area (Å²) in [6.45, 7) is 3.94. The van der Waals surface area contributed by atoms with Gasteiger partial charge in [0.05, 0.1) is 11.6 Å². The van der Waals surface area contributed by atoms with Crippen LogP contribution in [0.3, 0.4) is 0 Å². The predicted molar refractivity (Wildman–Crippen MR) is 87.0 cm³/mol. The number of ether oxygens (including phenoxy) is 1. The average molecular weight is 370 g/mol. The molecule has 0 aliphatic rings. The molecule has 0 heterocycles. The highest BCUT2D eigenvalue weighted by molar-refractivity contribution is 9.10. The first-order valence-electron chi connectivity index (χ1n) is 6.96. The summed E-state index contributed by atoms with van der Waals surface area (Å²) in [5.74, 6) is -0.890. The minimum Gasteiger partial charge on any atom is -0.496 e. The normalized spacial score (nSPS) is 13.7. The van der Waals surface area contributed by atoms with Gasteiger partial charge in [-0.15, -0.1) is 0 Å². The van der Waals surface area contributed by atoms with Crippen molar-refractivity contribution < 1.29 is 13.5 Å².